The highest BCUT2D eigenvalue weighted by atomic mass is 35.5. The van der Waals surface area contributed by atoms with Crippen molar-refractivity contribution in [3.63, 3.8) is 0 Å². The molecule has 35 heavy (non-hydrogen) atoms. The Balaban J connectivity index is 1.59. The van der Waals surface area contributed by atoms with Gasteiger partial charge in [0.2, 0.25) is 21.9 Å². The molecule has 0 aliphatic heterocycles. The molecule has 0 fully saturated rings. The van der Waals surface area contributed by atoms with Crippen LogP contribution in [0.2, 0.25) is 5.02 Å². The van der Waals surface area contributed by atoms with E-state index in [2.05, 4.69) is 19.9 Å². The summed E-state index contributed by atoms with van der Waals surface area (Å²) >= 11 is 5.98. The number of sulfonamides is 1. The maximum atomic E-state index is 11.8. The summed E-state index contributed by atoms with van der Waals surface area (Å²) in [6.07, 6.45) is 4.24. The largest absolute Gasteiger partial charge is 0.439 e. The fourth-order valence-electron chi connectivity index (χ4n) is 3.26. The van der Waals surface area contributed by atoms with Crippen molar-refractivity contribution in [3.05, 3.63) is 89.6 Å². The average molecular weight is 511 g/mol. The number of hydrogen-bond donors (Lipinski definition) is 0. The van der Waals surface area contributed by atoms with E-state index in [1.54, 1.807) is 49.6 Å². The molecule has 0 saturated carbocycles. The molecule has 0 atom stereocenters. The van der Waals surface area contributed by atoms with E-state index in [0.29, 0.717) is 46.4 Å². The minimum atomic E-state index is -3.35. The van der Waals surface area contributed by atoms with Gasteiger partial charge in [0, 0.05) is 18.8 Å². The Hall–Kier alpha value is -3.76. The van der Waals surface area contributed by atoms with Crippen molar-refractivity contribution in [3.8, 4) is 11.6 Å². The van der Waals surface area contributed by atoms with E-state index in [9.17, 15) is 8.42 Å². The Morgan fingerprint density at radius 1 is 0.943 bits per heavy atom. The molecule has 2 aromatic carbocycles. The van der Waals surface area contributed by atoms with Crippen LogP contribution in [0, 0.1) is 6.92 Å². The number of para-hydroxylation sites is 1. The highest BCUT2D eigenvalue weighted by Crippen LogP contribution is 2.27. The normalized spacial score (nSPS) is 11.2. The van der Waals surface area contributed by atoms with Gasteiger partial charge in [-0.3, -0.25) is 4.31 Å². The molecule has 0 aliphatic carbocycles. The Kier molecular flexibility index (Phi) is 7.13. The molecule has 0 unspecified atom stereocenters. The SMILES string of the molecule is Cc1nc(CN(c2ccccc2)c2ncc(Cl)cn2)cc(Oc2ccc(N(C)S(C)(=O)=O)cc2)n1. The second kappa shape index (κ2) is 10.2. The Morgan fingerprint density at radius 2 is 1.60 bits per heavy atom. The van der Waals surface area contributed by atoms with Gasteiger partial charge >= 0.3 is 0 Å². The quantitative estimate of drug-likeness (QED) is 0.334. The van der Waals surface area contributed by atoms with Gasteiger partial charge in [-0.05, 0) is 43.3 Å². The first-order valence-corrected chi connectivity index (χ1v) is 12.8. The first-order valence-electron chi connectivity index (χ1n) is 10.6. The Morgan fingerprint density at radius 3 is 2.23 bits per heavy atom. The number of aromatic nitrogens is 4. The molecular weight excluding hydrogens is 488 g/mol. The number of rotatable bonds is 8. The van der Waals surface area contributed by atoms with E-state index in [4.69, 9.17) is 16.3 Å². The van der Waals surface area contributed by atoms with Gasteiger partial charge in [0.1, 0.15) is 11.6 Å². The molecule has 180 valence electrons. The zero-order valence-corrected chi connectivity index (χ0v) is 20.9. The smallest absolute Gasteiger partial charge is 0.231 e. The summed E-state index contributed by atoms with van der Waals surface area (Å²) < 4.78 is 30.6. The van der Waals surface area contributed by atoms with Gasteiger partial charge in [0.25, 0.3) is 0 Å². The zero-order chi connectivity index (χ0) is 25.0. The second-order valence-corrected chi connectivity index (χ2v) is 10.1. The monoisotopic (exact) mass is 510 g/mol. The topological polar surface area (TPSA) is 101 Å². The van der Waals surface area contributed by atoms with E-state index < -0.39 is 10.0 Å². The Labute approximate surface area is 209 Å². The van der Waals surface area contributed by atoms with Crippen LogP contribution in [-0.4, -0.2) is 41.7 Å². The summed E-state index contributed by atoms with van der Waals surface area (Å²) in [7, 11) is -1.85. The fraction of sp³-hybridized carbons (Fsp3) is 0.167. The minimum Gasteiger partial charge on any atom is -0.439 e. The van der Waals surface area contributed by atoms with E-state index in [1.807, 2.05) is 35.2 Å². The van der Waals surface area contributed by atoms with Crippen LogP contribution in [0.15, 0.2) is 73.1 Å². The summed E-state index contributed by atoms with van der Waals surface area (Å²) in [5.74, 6) is 1.89. The molecule has 0 N–H and O–H groups in total. The van der Waals surface area contributed by atoms with Gasteiger partial charge in [0.15, 0.2) is 0 Å². The van der Waals surface area contributed by atoms with Gasteiger partial charge in [0.05, 0.1) is 41.6 Å². The number of nitrogens with zero attached hydrogens (tertiary/aromatic N) is 6. The first-order chi connectivity index (χ1) is 16.7. The first kappa shape index (κ1) is 24.4. The van der Waals surface area contributed by atoms with Crippen molar-refractivity contribution >= 4 is 38.9 Å². The molecule has 0 amide bonds. The van der Waals surface area contributed by atoms with Crippen molar-refractivity contribution in [1.29, 1.82) is 0 Å². The van der Waals surface area contributed by atoms with E-state index in [1.165, 1.54) is 11.4 Å². The lowest BCUT2D eigenvalue weighted by Gasteiger charge is -2.22. The van der Waals surface area contributed by atoms with Gasteiger partial charge in [-0.1, -0.05) is 29.8 Å². The standard InChI is InChI=1S/C24H23ClN6O3S/c1-17-28-19(16-31(21-7-5-4-6-8-21)24-26-14-18(25)15-27-24)13-23(29-17)34-22-11-9-20(10-12-22)30(2)35(3,32)33/h4-15H,16H2,1-3H3. The molecule has 2 aromatic heterocycles. The van der Waals surface area contributed by atoms with Crippen LogP contribution in [0.5, 0.6) is 11.6 Å². The third kappa shape index (κ3) is 6.23. The molecule has 0 spiro atoms. The van der Waals surface area contributed by atoms with Crippen LogP contribution in [0.4, 0.5) is 17.3 Å². The molecule has 4 rings (SSSR count). The predicted molar refractivity (Wildman–Crippen MR) is 136 cm³/mol. The lowest BCUT2D eigenvalue weighted by atomic mass is 10.2. The molecule has 0 saturated heterocycles. The van der Waals surface area contributed by atoms with Gasteiger partial charge in [-0.2, -0.15) is 4.98 Å². The molecule has 0 bridgehead atoms. The molecule has 2 heterocycles. The highest BCUT2D eigenvalue weighted by molar-refractivity contribution is 7.92. The number of anilines is 3. The second-order valence-electron chi connectivity index (χ2n) is 7.69. The van der Waals surface area contributed by atoms with Gasteiger partial charge in [-0.15, -0.1) is 0 Å². The summed E-state index contributed by atoms with van der Waals surface area (Å²) in [6, 6.07) is 18.2. The lowest BCUT2D eigenvalue weighted by molar-refractivity contribution is 0.458. The third-order valence-electron chi connectivity index (χ3n) is 5.02. The van der Waals surface area contributed by atoms with Crippen LogP contribution >= 0.6 is 11.6 Å². The number of benzene rings is 2. The molecule has 0 radical (unpaired) electrons. The van der Waals surface area contributed by atoms with Crippen molar-refractivity contribution in [1.82, 2.24) is 19.9 Å². The van der Waals surface area contributed by atoms with Crippen molar-refractivity contribution in [2.24, 2.45) is 0 Å². The molecule has 9 nitrogen and oxygen atoms in total. The molecule has 4 aromatic rings. The van der Waals surface area contributed by atoms with Gasteiger partial charge < -0.3 is 9.64 Å². The van der Waals surface area contributed by atoms with E-state index >= 15 is 0 Å². The summed E-state index contributed by atoms with van der Waals surface area (Å²) in [5.41, 5.74) is 2.11. The van der Waals surface area contributed by atoms with Crippen molar-refractivity contribution in [2.75, 3.05) is 22.5 Å². The third-order valence-corrected chi connectivity index (χ3v) is 6.42. The molecule has 11 heteroatoms. The summed E-state index contributed by atoms with van der Waals surface area (Å²) in [4.78, 5) is 19.6. The maximum absolute atomic E-state index is 11.8. The molecular formula is C24H23ClN6O3S. The van der Waals surface area contributed by atoms with Crippen LogP contribution in [0.1, 0.15) is 11.5 Å². The number of ether oxygens (including phenoxy) is 1. The zero-order valence-electron chi connectivity index (χ0n) is 19.3. The predicted octanol–water partition coefficient (Wildman–Crippen LogP) is 4.75. The fourth-order valence-corrected chi connectivity index (χ4v) is 3.86. The highest BCUT2D eigenvalue weighted by Gasteiger charge is 2.16. The van der Waals surface area contributed by atoms with Crippen molar-refractivity contribution in [2.45, 2.75) is 13.5 Å². The van der Waals surface area contributed by atoms with E-state index in [0.717, 1.165) is 11.9 Å². The number of halogens is 1. The summed E-state index contributed by atoms with van der Waals surface area (Å²) in [5, 5.41) is 0.448. The molecule has 0 aliphatic rings. The van der Waals surface area contributed by atoms with Crippen molar-refractivity contribution < 1.29 is 13.2 Å². The van der Waals surface area contributed by atoms with Crippen LogP contribution in [-0.2, 0) is 16.6 Å². The maximum Gasteiger partial charge on any atom is 0.231 e. The van der Waals surface area contributed by atoms with Crippen LogP contribution in [0.25, 0.3) is 0 Å². The minimum absolute atomic E-state index is 0.363. The van der Waals surface area contributed by atoms with Gasteiger partial charge in [-0.25, -0.2) is 23.4 Å². The number of hydrogen-bond acceptors (Lipinski definition) is 8. The van der Waals surface area contributed by atoms with Crippen LogP contribution in [0.3, 0.4) is 0 Å². The summed E-state index contributed by atoms with van der Waals surface area (Å²) in [6.45, 7) is 2.15. The van der Waals surface area contributed by atoms with E-state index in [-0.39, 0.29) is 0 Å². The van der Waals surface area contributed by atoms with Crippen LogP contribution < -0.4 is 13.9 Å². The Bertz CT molecular complexity index is 1400. The lowest BCUT2D eigenvalue weighted by Crippen LogP contribution is -2.24. The number of aryl methyl sites for hydroxylation is 1. The average Bonchev–Trinajstić information content (AvgIpc) is 2.83.